The number of hydrogen-bond acceptors (Lipinski definition) is 4. The Labute approximate surface area is 112 Å². The van der Waals surface area contributed by atoms with E-state index in [0.29, 0.717) is 0 Å². The number of nitrogens with zero attached hydrogens (tertiary/aromatic N) is 1. The zero-order chi connectivity index (χ0) is 12.8. The normalized spacial score (nSPS) is 10.6. The average Bonchev–Trinajstić information content (AvgIpc) is 2.88. The second-order valence-corrected chi connectivity index (χ2v) is 4.94. The topological polar surface area (TPSA) is 34.1 Å². The summed E-state index contributed by atoms with van der Waals surface area (Å²) in [5, 5.41) is 5.52. The van der Waals surface area contributed by atoms with Gasteiger partial charge in [0, 0.05) is 30.5 Å². The number of thiazole rings is 1. The van der Waals surface area contributed by atoms with Crippen LogP contribution in [0.4, 0.5) is 0 Å². The smallest absolute Gasteiger partial charge is 0.123 e. The molecule has 2 aromatic rings. The van der Waals surface area contributed by atoms with Crippen molar-refractivity contribution >= 4 is 11.3 Å². The monoisotopic (exact) mass is 262 g/mol. The lowest BCUT2D eigenvalue weighted by molar-refractivity contribution is 0.407. The summed E-state index contributed by atoms with van der Waals surface area (Å²) in [6.07, 6.45) is 0.970. The SMILES string of the molecule is COc1ccc(C)cc1CNCCc1cscn1. The van der Waals surface area contributed by atoms with Gasteiger partial charge in [-0.15, -0.1) is 11.3 Å². The minimum Gasteiger partial charge on any atom is -0.496 e. The highest BCUT2D eigenvalue weighted by atomic mass is 32.1. The largest absolute Gasteiger partial charge is 0.496 e. The van der Waals surface area contributed by atoms with E-state index in [1.165, 1.54) is 11.1 Å². The van der Waals surface area contributed by atoms with Crippen LogP contribution in [0.3, 0.4) is 0 Å². The summed E-state index contributed by atoms with van der Waals surface area (Å²) >= 11 is 1.64. The van der Waals surface area contributed by atoms with Gasteiger partial charge in [0.15, 0.2) is 0 Å². The molecule has 0 fully saturated rings. The van der Waals surface area contributed by atoms with Crippen LogP contribution < -0.4 is 10.1 Å². The highest BCUT2D eigenvalue weighted by molar-refractivity contribution is 7.07. The van der Waals surface area contributed by atoms with E-state index < -0.39 is 0 Å². The Morgan fingerprint density at radius 3 is 3.00 bits per heavy atom. The third-order valence-electron chi connectivity index (χ3n) is 2.79. The average molecular weight is 262 g/mol. The standard InChI is InChI=1S/C14H18N2OS/c1-11-3-4-14(17-2)12(7-11)8-15-6-5-13-9-18-10-16-13/h3-4,7,9-10,15H,5-6,8H2,1-2H3. The van der Waals surface area contributed by atoms with Gasteiger partial charge in [0.1, 0.15) is 5.75 Å². The first-order valence-corrected chi connectivity index (χ1v) is 6.95. The molecule has 0 aliphatic carbocycles. The molecule has 0 aliphatic rings. The van der Waals surface area contributed by atoms with Crippen molar-refractivity contribution in [2.24, 2.45) is 0 Å². The van der Waals surface area contributed by atoms with Crippen LogP contribution in [0.5, 0.6) is 5.75 Å². The highest BCUT2D eigenvalue weighted by Gasteiger charge is 2.02. The summed E-state index contributed by atoms with van der Waals surface area (Å²) in [6.45, 7) is 3.86. The van der Waals surface area contributed by atoms with Gasteiger partial charge in [0.05, 0.1) is 18.3 Å². The molecule has 0 unspecified atom stereocenters. The third-order valence-corrected chi connectivity index (χ3v) is 3.43. The van der Waals surface area contributed by atoms with Gasteiger partial charge in [-0.2, -0.15) is 0 Å². The first-order chi connectivity index (χ1) is 8.79. The molecule has 0 spiro atoms. The van der Waals surface area contributed by atoms with Crippen LogP contribution in [-0.4, -0.2) is 18.6 Å². The molecule has 1 heterocycles. The van der Waals surface area contributed by atoms with Gasteiger partial charge in [-0.25, -0.2) is 4.98 Å². The molecule has 0 atom stereocenters. The van der Waals surface area contributed by atoms with Gasteiger partial charge in [-0.3, -0.25) is 0 Å². The van der Waals surface area contributed by atoms with E-state index in [4.69, 9.17) is 4.74 Å². The number of benzene rings is 1. The Kier molecular flexibility index (Phi) is 4.73. The second kappa shape index (κ2) is 6.52. The van der Waals surface area contributed by atoms with Crippen LogP contribution >= 0.6 is 11.3 Å². The number of methoxy groups -OCH3 is 1. The molecule has 0 bridgehead atoms. The van der Waals surface area contributed by atoms with E-state index in [1.54, 1.807) is 18.4 Å². The summed E-state index contributed by atoms with van der Waals surface area (Å²) < 4.78 is 5.35. The summed E-state index contributed by atoms with van der Waals surface area (Å²) in [5.74, 6) is 0.946. The molecule has 0 saturated heterocycles. The molecule has 1 N–H and O–H groups in total. The van der Waals surface area contributed by atoms with Gasteiger partial charge >= 0.3 is 0 Å². The zero-order valence-electron chi connectivity index (χ0n) is 10.8. The van der Waals surface area contributed by atoms with E-state index in [2.05, 4.69) is 34.7 Å². The van der Waals surface area contributed by atoms with E-state index in [-0.39, 0.29) is 0 Å². The number of ether oxygens (including phenoxy) is 1. The van der Waals surface area contributed by atoms with Crippen molar-refractivity contribution < 1.29 is 4.74 Å². The number of nitrogens with one attached hydrogen (secondary N) is 1. The first-order valence-electron chi connectivity index (χ1n) is 6.01. The lowest BCUT2D eigenvalue weighted by atomic mass is 10.1. The van der Waals surface area contributed by atoms with Crippen LogP contribution in [0.25, 0.3) is 0 Å². The fourth-order valence-corrected chi connectivity index (χ4v) is 2.44. The number of rotatable bonds is 6. The van der Waals surface area contributed by atoms with Gasteiger partial charge in [0.2, 0.25) is 0 Å². The molecule has 96 valence electrons. The van der Waals surface area contributed by atoms with Crippen LogP contribution in [0.2, 0.25) is 0 Å². The van der Waals surface area contributed by atoms with Crippen molar-refractivity contribution in [3.8, 4) is 5.75 Å². The molecule has 0 amide bonds. The maximum Gasteiger partial charge on any atom is 0.123 e. The maximum absolute atomic E-state index is 5.35. The Morgan fingerprint density at radius 1 is 1.39 bits per heavy atom. The van der Waals surface area contributed by atoms with Crippen molar-refractivity contribution in [1.29, 1.82) is 0 Å². The quantitative estimate of drug-likeness (QED) is 0.813. The van der Waals surface area contributed by atoms with Crippen LogP contribution in [0.1, 0.15) is 16.8 Å². The lowest BCUT2D eigenvalue weighted by Gasteiger charge is -2.10. The highest BCUT2D eigenvalue weighted by Crippen LogP contribution is 2.19. The fraction of sp³-hybridized carbons (Fsp3) is 0.357. The van der Waals surface area contributed by atoms with Crippen molar-refractivity contribution in [2.75, 3.05) is 13.7 Å². The van der Waals surface area contributed by atoms with E-state index >= 15 is 0 Å². The van der Waals surface area contributed by atoms with Crippen LogP contribution in [-0.2, 0) is 13.0 Å². The number of aromatic nitrogens is 1. The molecule has 0 aliphatic heterocycles. The fourth-order valence-electron chi connectivity index (χ4n) is 1.85. The van der Waals surface area contributed by atoms with Gasteiger partial charge in [-0.05, 0) is 13.0 Å². The molecule has 0 saturated carbocycles. The molecular weight excluding hydrogens is 244 g/mol. The van der Waals surface area contributed by atoms with Crippen molar-refractivity contribution in [1.82, 2.24) is 10.3 Å². The molecule has 2 rings (SSSR count). The van der Waals surface area contributed by atoms with Crippen LogP contribution in [0, 0.1) is 6.92 Å². The van der Waals surface area contributed by atoms with Gasteiger partial charge in [0.25, 0.3) is 0 Å². The Bertz CT molecular complexity index is 483. The Morgan fingerprint density at radius 2 is 2.28 bits per heavy atom. The summed E-state index contributed by atoms with van der Waals surface area (Å²) in [4.78, 5) is 4.26. The second-order valence-electron chi connectivity index (χ2n) is 4.22. The molecule has 1 aromatic heterocycles. The maximum atomic E-state index is 5.35. The summed E-state index contributed by atoms with van der Waals surface area (Å²) in [6, 6.07) is 6.25. The molecule has 18 heavy (non-hydrogen) atoms. The van der Waals surface area contributed by atoms with Crippen molar-refractivity contribution in [3.05, 3.63) is 45.9 Å². The van der Waals surface area contributed by atoms with Gasteiger partial charge in [-0.1, -0.05) is 17.7 Å². The number of aryl methyl sites for hydroxylation is 1. The molecule has 0 radical (unpaired) electrons. The summed E-state index contributed by atoms with van der Waals surface area (Å²) in [5.41, 5.74) is 5.49. The predicted molar refractivity (Wildman–Crippen MR) is 75.3 cm³/mol. The molecule has 1 aromatic carbocycles. The van der Waals surface area contributed by atoms with E-state index in [0.717, 1.165) is 31.0 Å². The van der Waals surface area contributed by atoms with Crippen molar-refractivity contribution in [2.45, 2.75) is 19.9 Å². The minimum absolute atomic E-state index is 0.828. The zero-order valence-corrected chi connectivity index (χ0v) is 11.6. The van der Waals surface area contributed by atoms with E-state index in [1.807, 2.05) is 11.6 Å². The van der Waals surface area contributed by atoms with Crippen LogP contribution in [0.15, 0.2) is 29.1 Å². The van der Waals surface area contributed by atoms with E-state index in [9.17, 15) is 0 Å². The predicted octanol–water partition coefficient (Wildman–Crippen LogP) is 2.79. The molecular formula is C14H18N2OS. The molecule has 3 nitrogen and oxygen atoms in total. The Balaban J connectivity index is 1.84. The third kappa shape index (κ3) is 3.55. The number of hydrogen-bond donors (Lipinski definition) is 1. The minimum atomic E-state index is 0.828. The lowest BCUT2D eigenvalue weighted by Crippen LogP contribution is -2.17. The van der Waals surface area contributed by atoms with Crippen molar-refractivity contribution in [3.63, 3.8) is 0 Å². The Hall–Kier alpha value is -1.39. The first kappa shape index (κ1) is 13.1. The van der Waals surface area contributed by atoms with Gasteiger partial charge < -0.3 is 10.1 Å². The molecule has 4 heteroatoms. The summed E-state index contributed by atoms with van der Waals surface area (Å²) in [7, 11) is 1.71.